The minimum atomic E-state index is -0.984. The lowest BCUT2D eigenvalue weighted by molar-refractivity contribution is -0.111. The average Bonchev–Trinajstić information content (AvgIpc) is 3.82. The number of carbonyl (C=O) groups is 2. The number of nitrogens with one attached hydrogen (secondary N) is 1. The molecule has 2 amide bonds. The third-order valence-electron chi connectivity index (χ3n) is 11.8. The van der Waals surface area contributed by atoms with E-state index in [1.165, 1.54) is 42.7 Å². The summed E-state index contributed by atoms with van der Waals surface area (Å²) in [5.41, 5.74) is -0.522. The number of ether oxygens (including phenoxy) is 1. The summed E-state index contributed by atoms with van der Waals surface area (Å²) in [7, 11) is 0. The SMILES string of the molecule is C#Cc1c(F)ccc2cc(O)cc(-c3ncc4c(N5CC6CCC(C5)N6C(=O)c5ccnc(NC(=O)C=C)c5)nc(OC[C@@]56CCCN5C[C@H](F)C6)nc4c3F)c12. The number of hydrogen-bond donors (Lipinski definition) is 2. The van der Waals surface area contributed by atoms with Crippen LogP contribution in [0.15, 0.2) is 61.4 Å². The zero-order valence-electron chi connectivity index (χ0n) is 30.7. The zero-order valence-corrected chi connectivity index (χ0v) is 30.7. The Balaban J connectivity index is 1.11. The minimum Gasteiger partial charge on any atom is -0.508 e. The number of halogens is 3. The van der Waals surface area contributed by atoms with Gasteiger partial charge in [0.1, 0.15) is 47.2 Å². The Kier molecular flexibility index (Phi) is 8.96. The van der Waals surface area contributed by atoms with Crippen LogP contribution in [0.25, 0.3) is 32.9 Å². The van der Waals surface area contributed by atoms with Crippen LogP contribution in [0.4, 0.5) is 24.8 Å². The second-order valence-corrected chi connectivity index (χ2v) is 15.2. The van der Waals surface area contributed by atoms with E-state index < -0.39 is 29.3 Å². The second kappa shape index (κ2) is 14.0. The molecular formula is C42H37F3N8O4. The predicted molar refractivity (Wildman–Crippen MR) is 207 cm³/mol. The van der Waals surface area contributed by atoms with Crippen molar-refractivity contribution >= 4 is 45.1 Å². The molecule has 4 fully saturated rings. The summed E-state index contributed by atoms with van der Waals surface area (Å²) in [5, 5.41) is 14.1. The number of aromatic nitrogens is 4. The fourth-order valence-electron chi connectivity index (χ4n) is 9.28. The number of alkyl halides is 1. The molecule has 5 aromatic rings. The van der Waals surface area contributed by atoms with Crippen molar-refractivity contribution in [1.29, 1.82) is 0 Å². The first-order valence-electron chi connectivity index (χ1n) is 18.8. The molecule has 12 nitrogen and oxygen atoms in total. The van der Waals surface area contributed by atoms with Crippen molar-refractivity contribution in [3.8, 4) is 35.4 Å². The number of aromatic hydroxyl groups is 1. The van der Waals surface area contributed by atoms with Crippen molar-refractivity contribution in [2.45, 2.75) is 55.9 Å². The number of rotatable bonds is 8. The number of piperazine rings is 1. The number of pyridine rings is 2. The van der Waals surface area contributed by atoms with Gasteiger partial charge in [0.05, 0.1) is 28.6 Å². The molecule has 2 bridgehead atoms. The molecule has 7 heterocycles. The molecule has 4 atom stereocenters. The van der Waals surface area contributed by atoms with Gasteiger partial charge < -0.3 is 25.0 Å². The van der Waals surface area contributed by atoms with E-state index in [9.17, 15) is 23.5 Å². The highest BCUT2D eigenvalue weighted by Crippen LogP contribution is 2.43. The Morgan fingerprint density at radius 3 is 2.68 bits per heavy atom. The molecule has 0 radical (unpaired) electrons. The maximum atomic E-state index is 17.1. The average molecular weight is 775 g/mol. The van der Waals surface area contributed by atoms with Gasteiger partial charge in [-0.15, -0.1) is 6.42 Å². The number of carbonyl (C=O) groups excluding carboxylic acids is 2. The van der Waals surface area contributed by atoms with Crippen LogP contribution in [0.3, 0.4) is 0 Å². The van der Waals surface area contributed by atoms with E-state index in [4.69, 9.17) is 16.1 Å². The van der Waals surface area contributed by atoms with Crippen molar-refractivity contribution in [2.24, 2.45) is 0 Å². The van der Waals surface area contributed by atoms with Crippen LogP contribution < -0.4 is 15.0 Å². The summed E-state index contributed by atoms with van der Waals surface area (Å²) >= 11 is 0. The lowest BCUT2D eigenvalue weighted by Gasteiger charge is -2.42. The molecule has 57 heavy (non-hydrogen) atoms. The molecule has 0 spiro atoms. The molecule has 2 unspecified atom stereocenters. The van der Waals surface area contributed by atoms with E-state index in [2.05, 4.69) is 37.7 Å². The fourth-order valence-corrected chi connectivity index (χ4v) is 9.28. The number of amides is 2. The van der Waals surface area contributed by atoms with Gasteiger partial charge in [0.2, 0.25) is 5.91 Å². The van der Waals surface area contributed by atoms with E-state index in [1.807, 2.05) is 9.80 Å². The lowest BCUT2D eigenvalue weighted by atomic mass is 9.95. The molecule has 3 aromatic heterocycles. The van der Waals surface area contributed by atoms with E-state index in [0.717, 1.165) is 25.5 Å². The number of phenols is 1. The summed E-state index contributed by atoms with van der Waals surface area (Å²) in [6.07, 6.45) is 12.1. The van der Waals surface area contributed by atoms with E-state index in [1.54, 1.807) is 6.07 Å². The minimum absolute atomic E-state index is 0.0772. The van der Waals surface area contributed by atoms with Gasteiger partial charge in [-0.2, -0.15) is 9.97 Å². The summed E-state index contributed by atoms with van der Waals surface area (Å²) in [5.74, 6) is 0.531. The molecule has 15 heteroatoms. The zero-order chi connectivity index (χ0) is 39.6. The Labute approximate surface area is 325 Å². The maximum absolute atomic E-state index is 17.1. The molecule has 4 aliphatic rings. The largest absolute Gasteiger partial charge is 0.508 e. The van der Waals surface area contributed by atoms with Crippen molar-refractivity contribution in [2.75, 3.05) is 43.0 Å². The number of nitrogens with zero attached hydrogens (tertiary/aromatic N) is 7. The summed E-state index contributed by atoms with van der Waals surface area (Å²) in [6.45, 7) is 5.35. The Bertz CT molecular complexity index is 2530. The monoisotopic (exact) mass is 774 g/mol. The molecule has 290 valence electrons. The number of anilines is 2. The van der Waals surface area contributed by atoms with Gasteiger partial charge in [-0.05, 0) is 74.0 Å². The number of fused-ring (bicyclic) bond motifs is 5. The molecule has 0 aliphatic carbocycles. The van der Waals surface area contributed by atoms with Crippen molar-refractivity contribution in [1.82, 2.24) is 29.7 Å². The van der Waals surface area contributed by atoms with Gasteiger partial charge in [-0.1, -0.05) is 18.6 Å². The Morgan fingerprint density at radius 2 is 1.91 bits per heavy atom. The topological polar surface area (TPSA) is 137 Å². The first-order valence-corrected chi connectivity index (χ1v) is 18.8. The predicted octanol–water partition coefficient (Wildman–Crippen LogP) is 5.78. The van der Waals surface area contributed by atoms with Gasteiger partial charge >= 0.3 is 6.01 Å². The van der Waals surface area contributed by atoms with Crippen LogP contribution in [0.5, 0.6) is 11.8 Å². The molecule has 9 rings (SSSR count). The molecule has 2 aromatic carbocycles. The summed E-state index contributed by atoms with van der Waals surface area (Å²) in [4.78, 5) is 49.8. The normalized spacial score (nSPS) is 22.8. The van der Waals surface area contributed by atoms with Crippen LogP contribution in [-0.4, -0.2) is 103 Å². The third-order valence-corrected chi connectivity index (χ3v) is 11.8. The fraction of sp³-hybridized carbons (Fsp3) is 0.333. The van der Waals surface area contributed by atoms with Gasteiger partial charge in [0.15, 0.2) is 5.82 Å². The highest BCUT2D eigenvalue weighted by Gasteiger charge is 2.50. The number of benzene rings is 2. The molecule has 0 saturated carbocycles. The van der Waals surface area contributed by atoms with E-state index in [0.29, 0.717) is 55.7 Å². The molecule has 4 saturated heterocycles. The van der Waals surface area contributed by atoms with Crippen LogP contribution in [0.2, 0.25) is 0 Å². The van der Waals surface area contributed by atoms with Gasteiger partial charge in [-0.25, -0.2) is 18.2 Å². The van der Waals surface area contributed by atoms with Crippen molar-refractivity contribution in [3.63, 3.8) is 0 Å². The van der Waals surface area contributed by atoms with E-state index in [-0.39, 0.29) is 75.3 Å². The van der Waals surface area contributed by atoms with Crippen LogP contribution in [0.1, 0.15) is 48.0 Å². The molecule has 2 N–H and O–H groups in total. The van der Waals surface area contributed by atoms with Gasteiger partial charge in [-0.3, -0.25) is 19.5 Å². The van der Waals surface area contributed by atoms with Crippen molar-refractivity contribution in [3.05, 3.63) is 84.2 Å². The summed E-state index contributed by atoms with van der Waals surface area (Å²) < 4.78 is 53.1. The van der Waals surface area contributed by atoms with Crippen LogP contribution in [0, 0.1) is 24.0 Å². The first kappa shape index (κ1) is 36.4. The third kappa shape index (κ3) is 6.24. The standard InChI is InChI=1S/C42H37F3N8O4/c1-3-29-32(44)9-6-23-14-28(54)16-30(35(23)29)37-36(45)38-31(18-47-37)39(50-41(49-38)57-22-42-11-5-13-52(42)19-25(43)17-42)51-20-26-7-8-27(21-51)53(26)40(56)24-10-12-46-33(15-24)48-34(55)4-2/h1,4,6,9-10,12,14-16,18,25-27,54H,2,5,7-8,11,13,17,19-22H2,(H,46,48,55)/t25-,26?,27?,42+/m1/s1. The lowest BCUT2D eigenvalue weighted by Crippen LogP contribution is -2.56. The smallest absolute Gasteiger partial charge is 0.319 e. The highest BCUT2D eigenvalue weighted by atomic mass is 19.1. The number of terminal acetylenes is 1. The number of hydrogen-bond acceptors (Lipinski definition) is 10. The quantitative estimate of drug-likeness (QED) is 0.148. The number of phenolic OH excluding ortho intramolecular Hbond substituents is 1. The maximum Gasteiger partial charge on any atom is 0.319 e. The Hall–Kier alpha value is -6.27. The van der Waals surface area contributed by atoms with Crippen LogP contribution >= 0.6 is 0 Å². The van der Waals surface area contributed by atoms with Gasteiger partial charge in [0, 0.05) is 55.0 Å². The molecule has 4 aliphatic heterocycles. The van der Waals surface area contributed by atoms with Gasteiger partial charge in [0.25, 0.3) is 5.91 Å². The Morgan fingerprint density at radius 1 is 1.11 bits per heavy atom. The highest BCUT2D eigenvalue weighted by molar-refractivity contribution is 6.03. The first-order chi connectivity index (χ1) is 27.6. The van der Waals surface area contributed by atoms with Crippen molar-refractivity contribution < 1.29 is 32.6 Å². The molecular weight excluding hydrogens is 738 g/mol. The summed E-state index contributed by atoms with van der Waals surface area (Å²) in [6, 6.07) is 7.89. The second-order valence-electron chi connectivity index (χ2n) is 15.2. The van der Waals surface area contributed by atoms with E-state index >= 15 is 4.39 Å². The van der Waals surface area contributed by atoms with Crippen LogP contribution in [-0.2, 0) is 4.79 Å².